The van der Waals surface area contributed by atoms with Gasteiger partial charge in [0.05, 0.1) is 5.71 Å². The van der Waals surface area contributed by atoms with Gasteiger partial charge >= 0.3 is 0 Å². The molecule has 0 saturated carbocycles. The van der Waals surface area contributed by atoms with Gasteiger partial charge in [-0.1, -0.05) is 48.8 Å². The predicted molar refractivity (Wildman–Crippen MR) is 121 cm³/mol. The van der Waals surface area contributed by atoms with E-state index in [1.165, 1.54) is 17.3 Å². The van der Waals surface area contributed by atoms with Crippen molar-refractivity contribution in [1.29, 1.82) is 0 Å². The standard InChI is InChI=1S/C21H25ClN4O2S/c1-12-8-14(11-21(3,4)10-12)25-26-20-24-19(28)17(29-20)9-18(27)23-16-7-5-6-15(22)13(16)2/h5-8,17H,9-11H2,1-4H3,(H,23,27)(H,24,26,28)/t17-/m0/s1. The highest BCUT2D eigenvalue weighted by Gasteiger charge is 2.32. The van der Waals surface area contributed by atoms with Crippen LogP contribution in [0.5, 0.6) is 0 Å². The number of amides is 2. The molecule has 0 radical (unpaired) electrons. The monoisotopic (exact) mass is 432 g/mol. The zero-order valence-corrected chi connectivity index (χ0v) is 18.6. The average molecular weight is 433 g/mol. The van der Waals surface area contributed by atoms with Crippen LogP contribution in [0, 0.1) is 12.3 Å². The van der Waals surface area contributed by atoms with E-state index in [2.05, 4.69) is 47.7 Å². The lowest BCUT2D eigenvalue weighted by atomic mass is 9.77. The molecule has 154 valence electrons. The first-order valence-electron chi connectivity index (χ1n) is 9.47. The van der Waals surface area contributed by atoms with Crippen LogP contribution in [0.4, 0.5) is 5.69 Å². The Hall–Kier alpha value is -2.12. The fourth-order valence-electron chi connectivity index (χ4n) is 3.57. The van der Waals surface area contributed by atoms with Crippen molar-refractivity contribution in [2.24, 2.45) is 15.6 Å². The minimum Gasteiger partial charge on any atom is -0.326 e. The Morgan fingerprint density at radius 1 is 1.31 bits per heavy atom. The molecule has 0 unspecified atom stereocenters. The Labute approximate surface area is 180 Å². The third-order valence-electron chi connectivity index (χ3n) is 4.79. The van der Waals surface area contributed by atoms with Crippen molar-refractivity contribution in [1.82, 2.24) is 5.32 Å². The first-order valence-corrected chi connectivity index (χ1v) is 10.7. The molecule has 6 nitrogen and oxygen atoms in total. The molecule has 2 N–H and O–H groups in total. The van der Waals surface area contributed by atoms with Gasteiger partial charge in [0.2, 0.25) is 11.8 Å². The van der Waals surface area contributed by atoms with Crippen LogP contribution < -0.4 is 10.6 Å². The number of halogens is 1. The van der Waals surface area contributed by atoms with E-state index in [9.17, 15) is 9.59 Å². The van der Waals surface area contributed by atoms with Crippen molar-refractivity contribution in [2.75, 3.05) is 5.32 Å². The Bertz CT molecular complexity index is 937. The normalized spacial score (nSPS) is 23.8. The van der Waals surface area contributed by atoms with Crippen LogP contribution in [0.25, 0.3) is 0 Å². The number of hydrogen-bond donors (Lipinski definition) is 2. The van der Waals surface area contributed by atoms with E-state index in [0.29, 0.717) is 15.9 Å². The molecule has 1 aromatic rings. The summed E-state index contributed by atoms with van der Waals surface area (Å²) >= 11 is 7.31. The van der Waals surface area contributed by atoms with Crippen molar-refractivity contribution < 1.29 is 9.59 Å². The largest absolute Gasteiger partial charge is 0.326 e. The Balaban J connectivity index is 1.62. The quantitative estimate of drug-likeness (QED) is 0.677. The van der Waals surface area contributed by atoms with Gasteiger partial charge in [0.25, 0.3) is 0 Å². The van der Waals surface area contributed by atoms with Gasteiger partial charge in [0.15, 0.2) is 5.17 Å². The van der Waals surface area contributed by atoms with E-state index in [0.717, 1.165) is 24.1 Å². The van der Waals surface area contributed by atoms with Gasteiger partial charge in [-0.25, -0.2) is 0 Å². The topological polar surface area (TPSA) is 82.9 Å². The van der Waals surface area contributed by atoms with Gasteiger partial charge in [-0.05, 0) is 55.9 Å². The van der Waals surface area contributed by atoms with Crippen LogP contribution in [0.2, 0.25) is 5.02 Å². The van der Waals surface area contributed by atoms with Gasteiger partial charge in [-0.2, -0.15) is 5.10 Å². The highest BCUT2D eigenvalue weighted by molar-refractivity contribution is 8.15. The summed E-state index contributed by atoms with van der Waals surface area (Å²) in [7, 11) is 0. The molecule has 8 heteroatoms. The summed E-state index contributed by atoms with van der Waals surface area (Å²) in [4.78, 5) is 24.6. The van der Waals surface area contributed by atoms with Crippen molar-refractivity contribution in [3.05, 3.63) is 40.4 Å². The van der Waals surface area contributed by atoms with Crippen molar-refractivity contribution in [3.63, 3.8) is 0 Å². The number of allylic oxidation sites excluding steroid dienone is 2. The Morgan fingerprint density at radius 3 is 2.79 bits per heavy atom. The molecule has 0 spiro atoms. The van der Waals surface area contributed by atoms with Crippen molar-refractivity contribution in [2.45, 2.75) is 52.2 Å². The number of anilines is 1. The number of benzene rings is 1. The summed E-state index contributed by atoms with van der Waals surface area (Å²) in [6, 6.07) is 5.32. The fraction of sp³-hybridized carbons (Fsp3) is 0.429. The molecule has 1 fully saturated rings. The van der Waals surface area contributed by atoms with Crippen LogP contribution >= 0.6 is 23.4 Å². The van der Waals surface area contributed by atoms with E-state index in [4.69, 9.17) is 11.6 Å². The molecule has 1 aliphatic heterocycles. The van der Waals surface area contributed by atoms with Crippen LogP contribution in [0.3, 0.4) is 0 Å². The number of hydrogen-bond acceptors (Lipinski definition) is 5. The molecule has 1 saturated heterocycles. The summed E-state index contributed by atoms with van der Waals surface area (Å²) in [5.41, 5.74) is 3.77. The molecule has 1 aromatic carbocycles. The van der Waals surface area contributed by atoms with E-state index in [1.807, 2.05) is 6.92 Å². The molecule has 1 heterocycles. The van der Waals surface area contributed by atoms with Crippen LogP contribution in [-0.2, 0) is 9.59 Å². The van der Waals surface area contributed by atoms with Gasteiger partial charge in [-0.15, -0.1) is 5.10 Å². The first kappa shape index (κ1) is 21.6. The maximum Gasteiger partial charge on any atom is 0.240 e. The number of thioether (sulfide) groups is 1. The SMILES string of the molecule is CC1=CC(=NN=C2NC(=O)[C@H](CC(=O)Nc3cccc(Cl)c3C)S2)CC(C)(C)C1. The zero-order valence-electron chi connectivity index (χ0n) is 17.0. The molecular formula is C21H25ClN4O2S. The summed E-state index contributed by atoms with van der Waals surface area (Å²) in [6.45, 7) is 8.33. The maximum absolute atomic E-state index is 12.4. The van der Waals surface area contributed by atoms with Gasteiger partial charge < -0.3 is 10.6 Å². The van der Waals surface area contributed by atoms with Crippen LogP contribution in [0.1, 0.15) is 45.6 Å². The minimum atomic E-state index is -0.534. The van der Waals surface area contributed by atoms with Crippen LogP contribution in [0.15, 0.2) is 40.1 Å². The molecular weight excluding hydrogens is 408 g/mol. The number of carbonyl (C=O) groups is 2. The van der Waals surface area contributed by atoms with Crippen LogP contribution in [-0.4, -0.2) is 27.9 Å². The number of amidine groups is 1. The smallest absolute Gasteiger partial charge is 0.240 e. The third kappa shape index (κ3) is 5.70. The molecule has 29 heavy (non-hydrogen) atoms. The number of nitrogens with zero attached hydrogens (tertiary/aromatic N) is 2. The van der Waals surface area contributed by atoms with E-state index < -0.39 is 5.25 Å². The Kier molecular flexibility index (Phi) is 6.49. The molecule has 2 amide bonds. The Morgan fingerprint density at radius 2 is 2.07 bits per heavy atom. The molecule has 0 aromatic heterocycles. The lowest BCUT2D eigenvalue weighted by Crippen LogP contribution is -2.28. The second-order valence-corrected chi connectivity index (χ2v) is 9.86. The highest BCUT2D eigenvalue weighted by atomic mass is 35.5. The molecule has 1 atom stereocenters. The highest BCUT2D eigenvalue weighted by Crippen LogP contribution is 2.34. The molecule has 3 rings (SSSR count). The lowest BCUT2D eigenvalue weighted by molar-refractivity contribution is -0.122. The maximum atomic E-state index is 12.4. The molecule has 2 aliphatic rings. The van der Waals surface area contributed by atoms with Gasteiger partial charge in [-0.3, -0.25) is 9.59 Å². The van der Waals surface area contributed by atoms with E-state index in [-0.39, 0.29) is 23.7 Å². The van der Waals surface area contributed by atoms with E-state index >= 15 is 0 Å². The predicted octanol–water partition coefficient (Wildman–Crippen LogP) is 4.69. The minimum absolute atomic E-state index is 0.0457. The fourth-order valence-corrected chi connectivity index (χ4v) is 4.66. The summed E-state index contributed by atoms with van der Waals surface area (Å²) in [5, 5.41) is 14.5. The number of nitrogens with one attached hydrogen (secondary N) is 2. The zero-order chi connectivity index (χ0) is 21.2. The number of carbonyl (C=O) groups excluding carboxylic acids is 2. The van der Waals surface area contributed by atoms with Gasteiger partial charge in [0.1, 0.15) is 5.25 Å². The molecule has 0 bridgehead atoms. The van der Waals surface area contributed by atoms with E-state index in [1.54, 1.807) is 18.2 Å². The number of rotatable bonds is 4. The summed E-state index contributed by atoms with van der Waals surface area (Å²) in [5.74, 6) is -0.481. The van der Waals surface area contributed by atoms with Gasteiger partial charge in [0, 0.05) is 17.1 Å². The average Bonchev–Trinajstić information content (AvgIpc) is 2.95. The third-order valence-corrected chi connectivity index (χ3v) is 6.27. The summed E-state index contributed by atoms with van der Waals surface area (Å²) < 4.78 is 0. The second kappa shape index (κ2) is 8.71. The first-order chi connectivity index (χ1) is 13.6. The summed E-state index contributed by atoms with van der Waals surface area (Å²) in [6.07, 6.45) is 3.97. The molecule has 1 aliphatic carbocycles. The lowest BCUT2D eigenvalue weighted by Gasteiger charge is -2.28. The van der Waals surface area contributed by atoms with Crippen molar-refractivity contribution >= 4 is 51.7 Å². The van der Waals surface area contributed by atoms with Crippen molar-refractivity contribution in [3.8, 4) is 0 Å². The second-order valence-electron chi connectivity index (χ2n) is 8.27.